The molecule has 0 aromatic rings. The van der Waals surface area contributed by atoms with E-state index in [0.717, 1.165) is 4.90 Å². The van der Waals surface area contributed by atoms with E-state index in [9.17, 15) is 14.4 Å². The van der Waals surface area contributed by atoms with E-state index < -0.39 is 31.0 Å². The third kappa shape index (κ3) is 6.69. The highest BCUT2D eigenvalue weighted by molar-refractivity contribution is 5.85. The fraction of sp³-hybridized carbons (Fsp3) is 0.700. The average molecular weight is 261 g/mol. The Balaban J connectivity index is 4.42. The van der Waals surface area contributed by atoms with Crippen LogP contribution in [0, 0.1) is 0 Å². The van der Waals surface area contributed by atoms with Crippen LogP contribution in [-0.2, 0) is 14.3 Å². The monoisotopic (exact) mass is 261 g/mol. The maximum absolute atomic E-state index is 11.8. The Morgan fingerprint density at radius 3 is 2.33 bits per heavy atom. The number of hydrogen-bond acceptors (Lipinski definition) is 4. The van der Waals surface area contributed by atoms with Crippen LogP contribution in [-0.4, -0.2) is 73.2 Å². The predicted molar refractivity (Wildman–Crippen MR) is 62.9 cm³/mol. The molecule has 0 aliphatic heterocycles. The van der Waals surface area contributed by atoms with Crippen molar-refractivity contribution in [3.63, 3.8) is 0 Å². The minimum atomic E-state index is -1.20. The fourth-order valence-electron chi connectivity index (χ4n) is 1.33. The molecule has 0 saturated heterocycles. The maximum Gasteiger partial charge on any atom is 0.323 e. The van der Waals surface area contributed by atoms with Gasteiger partial charge in [0.05, 0.1) is 0 Å². The molecule has 0 fully saturated rings. The van der Waals surface area contributed by atoms with E-state index in [0.29, 0.717) is 19.6 Å². The second-order valence-electron chi connectivity index (χ2n) is 3.77. The number of urea groups is 1. The van der Waals surface area contributed by atoms with Gasteiger partial charge < -0.3 is 25.4 Å². The van der Waals surface area contributed by atoms with Crippen LogP contribution >= 0.6 is 0 Å². The van der Waals surface area contributed by atoms with Crippen LogP contribution in [0.2, 0.25) is 0 Å². The second-order valence-corrected chi connectivity index (χ2v) is 3.77. The molecule has 3 amide bonds. The molecule has 0 unspecified atom stereocenters. The van der Waals surface area contributed by atoms with Gasteiger partial charge in [-0.3, -0.25) is 9.59 Å². The predicted octanol–water partition coefficient (Wildman–Crippen LogP) is -1.05. The quantitative estimate of drug-likeness (QED) is 0.541. The summed E-state index contributed by atoms with van der Waals surface area (Å²) in [5, 5.41) is 8.66. The zero-order valence-electron chi connectivity index (χ0n) is 10.6. The third-order valence-corrected chi connectivity index (χ3v) is 2.11. The van der Waals surface area contributed by atoms with Crippen LogP contribution in [0.3, 0.4) is 0 Å². The summed E-state index contributed by atoms with van der Waals surface area (Å²) in [6.07, 6.45) is 0.621. The Hall–Kier alpha value is -1.83. The summed E-state index contributed by atoms with van der Waals surface area (Å²) in [7, 11) is 3.07. The number of carboxylic acids is 1. The summed E-state index contributed by atoms with van der Waals surface area (Å²) >= 11 is 0. The molecule has 3 N–H and O–H groups in total. The van der Waals surface area contributed by atoms with Crippen LogP contribution in [0.5, 0.6) is 0 Å². The molecule has 104 valence electrons. The topological polar surface area (TPSA) is 113 Å². The summed E-state index contributed by atoms with van der Waals surface area (Å²) in [4.78, 5) is 35.4. The lowest BCUT2D eigenvalue weighted by Crippen LogP contribution is -2.47. The fourth-order valence-corrected chi connectivity index (χ4v) is 1.33. The SMILES string of the molecule is COCCCN(C)C(=O)N(CC(N)=O)CC(=O)O. The van der Waals surface area contributed by atoms with E-state index >= 15 is 0 Å². The van der Waals surface area contributed by atoms with Crippen molar-refractivity contribution >= 4 is 17.9 Å². The molecule has 0 heterocycles. The highest BCUT2D eigenvalue weighted by Gasteiger charge is 2.21. The molecule has 0 radical (unpaired) electrons. The molecule has 0 spiro atoms. The Labute approximate surface area is 105 Å². The van der Waals surface area contributed by atoms with Gasteiger partial charge in [0.1, 0.15) is 13.1 Å². The van der Waals surface area contributed by atoms with Crippen molar-refractivity contribution in [1.82, 2.24) is 9.80 Å². The summed E-state index contributed by atoms with van der Waals surface area (Å²) in [5.41, 5.74) is 4.96. The molecule has 0 aromatic heterocycles. The Morgan fingerprint density at radius 2 is 1.89 bits per heavy atom. The van der Waals surface area contributed by atoms with Crippen molar-refractivity contribution in [2.75, 3.05) is 40.4 Å². The number of rotatable bonds is 8. The molecule has 18 heavy (non-hydrogen) atoms. The normalized spacial score (nSPS) is 9.89. The van der Waals surface area contributed by atoms with Gasteiger partial charge in [0.25, 0.3) is 0 Å². The van der Waals surface area contributed by atoms with E-state index in [1.54, 1.807) is 7.11 Å². The Kier molecular flexibility index (Phi) is 7.45. The number of aliphatic carboxylic acids is 1. The van der Waals surface area contributed by atoms with Gasteiger partial charge in [-0.05, 0) is 6.42 Å². The summed E-state index contributed by atoms with van der Waals surface area (Å²) in [5.74, 6) is -1.95. The first-order valence-electron chi connectivity index (χ1n) is 5.37. The van der Waals surface area contributed by atoms with Crippen LogP contribution in [0.1, 0.15) is 6.42 Å². The van der Waals surface area contributed by atoms with Crippen molar-refractivity contribution in [2.45, 2.75) is 6.42 Å². The number of hydrogen-bond donors (Lipinski definition) is 2. The van der Waals surface area contributed by atoms with Crippen LogP contribution in [0.15, 0.2) is 0 Å². The molecule has 0 saturated carbocycles. The molecule has 8 heteroatoms. The molecule has 0 aliphatic carbocycles. The maximum atomic E-state index is 11.8. The molecule has 8 nitrogen and oxygen atoms in total. The zero-order valence-corrected chi connectivity index (χ0v) is 10.6. The molecule has 0 atom stereocenters. The van der Waals surface area contributed by atoms with Gasteiger partial charge in [-0.25, -0.2) is 4.79 Å². The van der Waals surface area contributed by atoms with Gasteiger partial charge in [-0.15, -0.1) is 0 Å². The lowest BCUT2D eigenvalue weighted by atomic mass is 10.4. The van der Waals surface area contributed by atoms with Crippen molar-refractivity contribution in [2.24, 2.45) is 5.73 Å². The Morgan fingerprint density at radius 1 is 1.28 bits per heavy atom. The van der Waals surface area contributed by atoms with Crippen LogP contribution in [0.4, 0.5) is 4.79 Å². The van der Waals surface area contributed by atoms with Gasteiger partial charge in [0, 0.05) is 27.3 Å². The highest BCUT2D eigenvalue weighted by Crippen LogP contribution is 1.98. The van der Waals surface area contributed by atoms with Crippen molar-refractivity contribution < 1.29 is 24.2 Å². The average Bonchev–Trinajstić information content (AvgIpc) is 2.26. The first-order chi connectivity index (χ1) is 8.38. The third-order valence-electron chi connectivity index (χ3n) is 2.11. The first-order valence-corrected chi connectivity index (χ1v) is 5.37. The molecular weight excluding hydrogens is 242 g/mol. The van der Waals surface area contributed by atoms with Crippen molar-refractivity contribution in [3.8, 4) is 0 Å². The van der Waals surface area contributed by atoms with E-state index in [1.807, 2.05) is 0 Å². The first kappa shape index (κ1) is 16.2. The lowest BCUT2D eigenvalue weighted by molar-refractivity contribution is -0.138. The molecule has 0 rings (SSSR count). The second kappa shape index (κ2) is 8.29. The summed E-state index contributed by atoms with van der Waals surface area (Å²) in [6, 6.07) is -0.549. The number of nitrogens with zero attached hydrogens (tertiary/aromatic N) is 2. The van der Waals surface area contributed by atoms with Gasteiger partial charge in [-0.2, -0.15) is 0 Å². The van der Waals surface area contributed by atoms with Crippen LogP contribution < -0.4 is 5.73 Å². The number of carbonyl (C=O) groups excluding carboxylic acids is 2. The number of methoxy groups -OCH3 is 1. The van der Waals surface area contributed by atoms with Gasteiger partial charge in [0.2, 0.25) is 5.91 Å². The van der Waals surface area contributed by atoms with Gasteiger partial charge >= 0.3 is 12.0 Å². The minimum absolute atomic E-state index is 0.404. The van der Waals surface area contributed by atoms with E-state index in [-0.39, 0.29) is 0 Å². The number of ether oxygens (including phenoxy) is 1. The van der Waals surface area contributed by atoms with E-state index in [2.05, 4.69) is 0 Å². The van der Waals surface area contributed by atoms with Crippen LogP contribution in [0.25, 0.3) is 0 Å². The zero-order chi connectivity index (χ0) is 14.1. The van der Waals surface area contributed by atoms with Crippen molar-refractivity contribution in [3.05, 3.63) is 0 Å². The smallest absolute Gasteiger partial charge is 0.323 e. The van der Waals surface area contributed by atoms with Gasteiger partial charge in [-0.1, -0.05) is 0 Å². The Bertz CT molecular complexity index is 292. The standard InChI is InChI=1S/C10H19N3O5/c1-12(4-3-5-18-2)10(17)13(6-8(11)14)7-9(15)16/h3-7H2,1-2H3,(H2,11,14)(H,15,16). The van der Waals surface area contributed by atoms with Gasteiger partial charge in [0.15, 0.2) is 0 Å². The number of primary amides is 1. The molecule has 0 aliphatic rings. The number of amides is 3. The number of carbonyl (C=O) groups is 3. The number of carboxylic acid groups (broad SMARTS) is 1. The van der Waals surface area contributed by atoms with Crippen molar-refractivity contribution in [1.29, 1.82) is 0 Å². The summed E-state index contributed by atoms with van der Waals surface area (Å²) < 4.78 is 4.84. The highest BCUT2D eigenvalue weighted by atomic mass is 16.5. The van der Waals surface area contributed by atoms with E-state index in [4.69, 9.17) is 15.6 Å². The number of nitrogens with two attached hydrogens (primary N) is 1. The molecule has 0 aromatic carbocycles. The minimum Gasteiger partial charge on any atom is -0.480 e. The summed E-state index contributed by atoms with van der Waals surface area (Å²) in [6.45, 7) is -0.0793. The molecule has 0 bridgehead atoms. The lowest BCUT2D eigenvalue weighted by Gasteiger charge is -2.25. The molecular formula is C10H19N3O5. The van der Waals surface area contributed by atoms with E-state index in [1.165, 1.54) is 11.9 Å². The largest absolute Gasteiger partial charge is 0.480 e.